The minimum absolute atomic E-state index is 0.0358. The smallest absolute Gasteiger partial charge is 0.315 e. The zero-order chi connectivity index (χ0) is 15.8. The second-order valence-electron chi connectivity index (χ2n) is 6.12. The van der Waals surface area contributed by atoms with Crippen molar-refractivity contribution in [3.8, 4) is 0 Å². The van der Waals surface area contributed by atoms with Gasteiger partial charge in [-0.25, -0.2) is 4.79 Å². The van der Waals surface area contributed by atoms with Crippen LogP contribution in [0, 0.1) is 0 Å². The number of rotatable bonds is 6. The van der Waals surface area contributed by atoms with Crippen LogP contribution >= 0.6 is 0 Å². The maximum absolute atomic E-state index is 12.6. The number of carbonyl (C=O) groups excluding carboxylic acids is 2. The summed E-state index contributed by atoms with van der Waals surface area (Å²) in [6.07, 6.45) is 3.42. The van der Waals surface area contributed by atoms with Crippen molar-refractivity contribution in [2.75, 3.05) is 45.8 Å². The van der Waals surface area contributed by atoms with Crippen molar-refractivity contribution < 1.29 is 9.59 Å². The van der Waals surface area contributed by atoms with E-state index in [4.69, 9.17) is 0 Å². The lowest BCUT2D eigenvalue weighted by molar-refractivity contribution is -0.127. The summed E-state index contributed by atoms with van der Waals surface area (Å²) < 4.78 is 0. The third-order valence-corrected chi connectivity index (χ3v) is 4.51. The van der Waals surface area contributed by atoms with Crippen LogP contribution in [0.25, 0.3) is 0 Å². The fourth-order valence-electron chi connectivity index (χ4n) is 3.24. The van der Waals surface area contributed by atoms with E-state index in [1.165, 1.54) is 0 Å². The van der Waals surface area contributed by atoms with Crippen LogP contribution in [0.4, 0.5) is 4.79 Å². The highest BCUT2D eigenvalue weighted by atomic mass is 16.2. The Morgan fingerprint density at radius 1 is 1.14 bits per heavy atom. The summed E-state index contributed by atoms with van der Waals surface area (Å²) in [6, 6.07) is -0.248. The first-order chi connectivity index (χ1) is 10.7. The Balaban J connectivity index is 1.80. The van der Waals surface area contributed by atoms with Crippen LogP contribution in [0.5, 0.6) is 0 Å². The Hall–Kier alpha value is -1.34. The second-order valence-corrected chi connectivity index (χ2v) is 6.12. The third-order valence-electron chi connectivity index (χ3n) is 4.51. The lowest BCUT2D eigenvalue weighted by atomic mass is 9.96. The highest BCUT2D eigenvalue weighted by Gasteiger charge is 2.42. The SMILES string of the molecule is CCNC(=O)NC1(C(=O)NCCN2CCNCC2)CCCC1. The normalized spacial score (nSPS) is 21.3. The van der Waals surface area contributed by atoms with Gasteiger partial charge in [0.05, 0.1) is 0 Å². The molecule has 1 aliphatic heterocycles. The van der Waals surface area contributed by atoms with Gasteiger partial charge >= 0.3 is 6.03 Å². The molecule has 1 saturated heterocycles. The van der Waals surface area contributed by atoms with Crippen LogP contribution in [-0.2, 0) is 4.79 Å². The van der Waals surface area contributed by atoms with Crippen LogP contribution in [-0.4, -0.2) is 68.2 Å². The molecule has 3 amide bonds. The lowest BCUT2D eigenvalue weighted by Gasteiger charge is -2.30. The first kappa shape index (κ1) is 17.0. The van der Waals surface area contributed by atoms with Crippen molar-refractivity contribution in [1.29, 1.82) is 0 Å². The molecule has 7 nitrogen and oxygen atoms in total. The standard InChI is InChI=1S/C15H29N5O2/c1-2-17-14(22)19-15(5-3-4-6-15)13(21)18-9-12-20-10-7-16-8-11-20/h16H,2-12H2,1H3,(H,18,21)(H2,17,19,22). The van der Waals surface area contributed by atoms with Gasteiger partial charge in [0, 0.05) is 45.8 Å². The van der Waals surface area contributed by atoms with E-state index < -0.39 is 5.54 Å². The van der Waals surface area contributed by atoms with Crippen LogP contribution in [0.15, 0.2) is 0 Å². The Bertz CT molecular complexity index is 376. The van der Waals surface area contributed by atoms with Gasteiger partial charge in [-0.05, 0) is 19.8 Å². The largest absolute Gasteiger partial charge is 0.353 e. The lowest BCUT2D eigenvalue weighted by Crippen LogP contribution is -2.60. The van der Waals surface area contributed by atoms with Crippen molar-refractivity contribution in [2.24, 2.45) is 0 Å². The molecule has 2 fully saturated rings. The molecule has 7 heteroatoms. The number of nitrogens with one attached hydrogen (secondary N) is 4. The minimum atomic E-state index is -0.720. The van der Waals surface area contributed by atoms with Crippen LogP contribution in [0.2, 0.25) is 0 Å². The van der Waals surface area contributed by atoms with Crippen molar-refractivity contribution in [3.63, 3.8) is 0 Å². The molecule has 0 radical (unpaired) electrons. The molecule has 0 aromatic rings. The predicted octanol–water partition coefficient (Wildman–Crippen LogP) is -0.360. The number of hydrogen-bond acceptors (Lipinski definition) is 4. The molecule has 0 unspecified atom stereocenters. The molecule has 0 aromatic heterocycles. The van der Waals surface area contributed by atoms with E-state index in [0.717, 1.165) is 58.4 Å². The van der Waals surface area contributed by atoms with Crippen molar-refractivity contribution >= 4 is 11.9 Å². The van der Waals surface area contributed by atoms with Crippen LogP contribution < -0.4 is 21.3 Å². The molecule has 1 saturated carbocycles. The van der Waals surface area contributed by atoms with E-state index >= 15 is 0 Å². The summed E-state index contributed by atoms with van der Waals surface area (Å²) in [6.45, 7) is 8.01. The predicted molar refractivity (Wildman–Crippen MR) is 85.7 cm³/mol. The van der Waals surface area contributed by atoms with E-state index in [1.807, 2.05) is 6.92 Å². The maximum atomic E-state index is 12.6. The minimum Gasteiger partial charge on any atom is -0.353 e. The first-order valence-electron chi connectivity index (χ1n) is 8.44. The quantitative estimate of drug-likeness (QED) is 0.540. The van der Waals surface area contributed by atoms with E-state index in [2.05, 4.69) is 26.2 Å². The summed E-state index contributed by atoms with van der Waals surface area (Å²) in [7, 11) is 0. The van der Waals surface area contributed by atoms with E-state index in [0.29, 0.717) is 13.1 Å². The zero-order valence-corrected chi connectivity index (χ0v) is 13.5. The van der Waals surface area contributed by atoms with E-state index in [9.17, 15) is 9.59 Å². The van der Waals surface area contributed by atoms with Gasteiger partial charge in [-0.3, -0.25) is 9.69 Å². The maximum Gasteiger partial charge on any atom is 0.315 e. The fourth-order valence-corrected chi connectivity index (χ4v) is 3.24. The molecule has 22 heavy (non-hydrogen) atoms. The molecule has 2 aliphatic rings. The zero-order valence-electron chi connectivity index (χ0n) is 13.5. The number of carbonyl (C=O) groups is 2. The highest BCUT2D eigenvalue weighted by Crippen LogP contribution is 2.29. The third kappa shape index (κ3) is 4.58. The molecule has 2 rings (SSSR count). The molecule has 1 aliphatic carbocycles. The summed E-state index contributed by atoms with van der Waals surface area (Å²) >= 11 is 0. The molecule has 1 heterocycles. The van der Waals surface area contributed by atoms with Crippen LogP contribution in [0.3, 0.4) is 0 Å². The summed E-state index contributed by atoms with van der Waals surface area (Å²) in [5, 5.41) is 11.9. The Morgan fingerprint density at radius 2 is 1.82 bits per heavy atom. The molecule has 126 valence electrons. The molecule has 0 aromatic carbocycles. The van der Waals surface area contributed by atoms with Gasteiger partial charge in [-0.2, -0.15) is 0 Å². The van der Waals surface area contributed by atoms with Gasteiger partial charge in [0.25, 0.3) is 0 Å². The monoisotopic (exact) mass is 311 g/mol. The number of hydrogen-bond donors (Lipinski definition) is 4. The Morgan fingerprint density at radius 3 is 2.45 bits per heavy atom. The molecular weight excluding hydrogens is 282 g/mol. The number of nitrogens with zero attached hydrogens (tertiary/aromatic N) is 1. The van der Waals surface area contributed by atoms with Crippen molar-refractivity contribution in [3.05, 3.63) is 0 Å². The van der Waals surface area contributed by atoms with Gasteiger partial charge in [-0.1, -0.05) is 12.8 Å². The summed E-state index contributed by atoms with van der Waals surface area (Å²) in [5.74, 6) is -0.0358. The molecule has 0 atom stereocenters. The Kier molecular flexibility index (Phi) is 6.45. The molecule has 4 N–H and O–H groups in total. The molecule has 0 bridgehead atoms. The molecular formula is C15H29N5O2. The van der Waals surface area contributed by atoms with Crippen molar-refractivity contribution in [2.45, 2.75) is 38.1 Å². The summed E-state index contributed by atoms with van der Waals surface area (Å²) in [5.41, 5.74) is -0.720. The van der Waals surface area contributed by atoms with Gasteiger partial charge in [-0.15, -0.1) is 0 Å². The van der Waals surface area contributed by atoms with Gasteiger partial charge < -0.3 is 21.3 Å². The highest BCUT2D eigenvalue weighted by molar-refractivity contribution is 5.91. The average molecular weight is 311 g/mol. The van der Waals surface area contributed by atoms with E-state index in [1.54, 1.807) is 0 Å². The Labute approximate surface area is 132 Å². The van der Waals surface area contributed by atoms with E-state index in [-0.39, 0.29) is 11.9 Å². The number of amides is 3. The fraction of sp³-hybridized carbons (Fsp3) is 0.867. The van der Waals surface area contributed by atoms with Gasteiger partial charge in [0.2, 0.25) is 5.91 Å². The number of urea groups is 1. The van der Waals surface area contributed by atoms with Crippen molar-refractivity contribution in [1.82, 2.24) is 26.2 Å². The topological polar surface area (TPSA) is 85.5 Å². The summed E-state index contributed by atoms with van der Waals surface area (Å²) in [4.78, 5) is 26.7. The first-order valence-corrected chi connectivity index (χ1v) is 8.44. The number of piperazine rings is 1. The second kappa shape index (κ2) is 8.33. The average Bonchev–Trinajstić information content (AvgIpc) is 2.98. The van der Waals surface area contributed by atoms with Crippen LogP contribution in [0.1, 0.15) is 32.6 Å². The van der Waals surface area contributed by atoms with Gasteiger partial charge in [0.1, 0.15) is 5.54 Å². The molecule has 0 spiro atoms. The van der Waals surface area contributed by atoms with Gasteiger partial charge in [0.15, 0.2) is 0 Å².